The number of anilines is 2. The molecule has 108 valence electrons. The van der Waals surface area contributed by atoms with Crippen molar-refractivity contribution in [3.63, 3.8) is 0 Å². The monoisotopic (exact) mass is 303 g/mol. The van der Waals surface area contributed by atoms with Gasteiger partial charge in [-0.1, -0.05) is 24.6 Å². The second-order valence-corrected chi connectivity index (χ2v) is 4.73. The smallest absolute Gasteiger partial charge is 0.256 e. The molecule has 6 heteroatoms. The van der Waals surface area contributed by atoms with E-state index >= 15 is 0 Å². The van der Waals surface area contributed by atoms with Crippen molar-refractivity contribution in [2.75, 3.05) is 10.6 Å². The highest BCUT2D eigenvalue weighted by molar-refractivity contribution is 6.30. The Bertz CT molecular complexity index is 656. The van der Waals surface area contributed by atoms with Crippen molar-refractivity contribution in [2.45, 2.75) is 13.3 Å². The molecule has 0 saturated carbocycles. The van der Waals surface area contributed by atoms with Crippen molar-refractivity contribution in [3.8, 4) is 0 Å². The highest BCUT2D eigenvalue weighted by Gasteiger charge is 2.08. The third-order valence-corrected chi connectivity index (χ3v) is 2.92. The lowest BCUT2D eigenvalue weighted by atomic mass is 10.2. The predicted molar refractivity (Wildman–Crippen MR) is 82.6 cm³/mol. The molecule has 2 N–H and O–H groups in total. The van der Waals surface area contributed by atoms with Gasteiger partial charge in [0.25, 0.3) is 5.91 Å². The number of amides is 2. The summed E-state index contributed by atoms with van der Waals surface area (Å²) in [4.78, 5) is 27.5. The maximum absolute atomic E-state index is 12.1. The van der Waals surface area contributed by atoms with Crippen molar-refractivity contribution < 1.29 is 9.59 Å². The molecule has 2 rings (SSSR count). The normalized spacial score (nSPS) is 10.0. The van der Waals surface area contributed by atoms with Crippen LogP contribution in [0, 0.1) is 0 Å². The van der Waals surface area contributed by atoms with Gasteiger partial charge in [0, 0.05) is 23.9 Å². The second kappa shape index (κ2) is 6.85. The van der Waals surface area contributed by atoms with E-state index in [1.54, 1.807) is 43.3 Å². The minimum atomic E-state index is -0.308. The summed E-state index contributed by atoms with van der Waals surface area (Å²) in [5.41, 5.74) is 1.01. The molecular formula is C15H14ClN3O2. The van der Waals surface area contributed by atoms with E-state index in [2.05, 4.69) is 15.6 Å². The highest BCUT2D eigenvalue weighted by atomic mass is 35.5. The second-order valence-electron chi connectivity index (χ2n) is 4.30. The van der Waals surface area contributed by atoms with Crippen LogP contribution in [0.4, 0.5) is 11.5 Å². The van der Waals surface area contributed by atoms with Crippen LogP contribution < -0.4 is 10.6 Å². The van der Waals surface area contributed by atoms with Crippen LogP contribution in [0.2, 0.25) is 5.02 Å². The summed E-state index contributed by atoms with van der Waals surface area (Å²) in [5.74, 6) is -0.00302. The number of nitrogens with zero attached hydrogens (tertiary/aromatic N) is 1. The molecule has 1 aromatic heterocycles. The van der Waals surface area contributed by atoms with Gasteiger partial charge in [0.2, 0.25) is 5.91 Å². The zero-order chi connectivity index (χ0) is 15.2. The summed E-state index contributed by atoms with van der Waals surface area (Å²) < 4.78 is 0. The van der Waals surface area contributed by atoms with Crippen LogP contribution in [0.15, 0.2) is 42.6 Å². The number of rotatable bonds is 4. The Morgan fingerprint density at radius 2 is 2.00 bits per heavy atom. The number of halogens is 1. The van der Waals surface area contributed by atoms with Crippen LogP contribution in [0.5, 0.6) is 0 Å². The molecule has 1 heterocycles. The molecule has 0 aliphatic carbocycles. The van der Waals surface area contributed by atoms with E-state index in [4.69, 9.17) is 11.6 Å². The molecule has 2 amide bonds. The van der Waals surface area contributed by atoms with Gasteiger partial charge in [-0.3, -0.25) is 9.59 Å². The molecule has 0 aliphatic rings. The van der Waals surface area contributed by atoms with Crippen LogP contribution in [0.3, 0.4) is 0 Å². The number of nitrogens with one attached hydrogen (secondary N) is 2. The Morgan fingerprint density at radius 3 is 2.67 bits per heavy atom. The third kappa shape index (κ3) is 4.29. The van der Waals surface area contributed by atoms with E-state index in [9.17, 15) is 9.59 Å². The summed E-state index contributed by atoms with van der Waals surface area (Å²) in [6.07, 6.45) is 1.83. The van der Waals surface area contributed by atoms with Crippen molar-refractivity contribution in [1.82, 2.24) is 4.98 Å². The van der Waals surface area contributed by atoms with Crippen LogP contribution in [-0.2, 0) is 4.79 Å². The van der Waals surface area contributed by atoms with E-state index in [1.165, 1.54) is 6.20 Å². The first kappa shape index (κ1) is 15.0. The zero-order valence-corrected chi connectivity index (χ0v) is 12.1. The van der Waals surface area contributed by atoms with Gasteiger partial charge in [-0.2, -0.15) is 0 Å². The van der Waals surface area contributed by atoms with Crippen molar-refractivity contribution in [3.05, 3.63) is 53.2 Å². The topological polar surface area (TPSA) is 71.1 Å². The molecule has 0 saturated heterocycles. The first-order valence-electron chi connectivity index (χ1n) is 6.41. The fraction of sp³-hybridized carbons (Fsp3) is 0.133. The molecule has 0 radical (unpaired) electrons. The lowest BCUT2D eigenvalue weighted by Crippen LogP contribution is -2.14. The van der Waals surface area contributed by atoms with Gasteiger partial charge < -0.3 is 10.6 Å². The number of hydrogen-bond donors (Lipinski definition) is 2. The van der Waals surface area contributed by atoms with Crippen LogP contribution in [-0.4, -0.2) is 16.8 Å². The highest BCUT2D eigenvalue weighted by Crippen LogP contribution is 2.14. The minimum absolute atomic E-state index is 0.105. The minimum Gasteiger partial charge on any atom is -0.326 e. The molecule has 0 aliphatic heterocycles. The summed E-state index contributed by atoms with van der Waals surface area (Å²) in [6, 6.07) is 9.96. The molecule has 0 unspecified atom stereocenters. The number of carbonyl (C=O) groups is 2. The van der Waals surface area contributed by atoms with Gasteiger partial charge >= 0.3 is 0 Å². The standard InChI is InChI=1S/C15H14ClN3O2/c1-2-14(20)18-12-5-3-4-10(8-12)15(21)19-13-7-6-11(16)9-17-13/h3-9H,2H2,1H3,(H,18,20)(H,17,19,21). The fourth-order valence-electron chi connectivity index (χ4n) is 1.63. The molecule has 0 atom stereocenters. The predicted octanol–water partition coefficient (Wildman–Crippen LogP) is 3.34. The zero-order valence-electron chi connectivity index (χ0n) is 11.4. The third-order valence-electron chi connectivity index (χ3n) is 2.70. The molecule has 1 aromatic carbocycles. The molecule has 5 nitrogen and oxygen atoms in total. The average molecular weight is 304 g/mol. The van der Waals surface area contributed by atoms with E-state index in [-0.39, 0.29) is 11.8 Å². The molecule has 21 heavy (non-hydrogen) atoms. The Kier molecular flexibility index (Phi) is 4.90. The molecule has 0 bridgehead atoms. The Balaban J connectivity index is 2.10. The van der Waals surface area contributed by atoms with E-state index in [0.29, 0.717) is 28.5 Å². The van der Waals surface area contributed by atoms with Gasteiger partial charge in [0.05, 0.1) is 5.02 Å². The van der Waals surface area contributed by atoms with E-state index in [0.717, 1.165) is 0 Å². The summed E-state index contributed by atoms with van der Waals surface area (Å²) >= 11 is 5.73. The first-order valence-corrected chi connectivity index (χ1v) is 6.79. The molecular weight excluding hydrogens is 290 g/mol. The summed E-state index contributed by atoms with van der Waals surface area (Å²) in [7, 11) is 0. The van der Waals surface area contributed by atoms with Crippen molar-refractivity contribution in [1.29, 1.82) is 0 Å². The van der Waals surface area contributed by atoms with Gasteiger partial charge in [0.15, 0.2) is 0 Å². The lowest BCUT2D eigenvalue weighted by Gasteiger charge is -2.07. The number of aromatic nitrogens is 1. The Morgan fingerprint density at radius 1 is 1.19 bits per heavy atom. The van der Waals surface area contributed by atoms with E-state index < -0.39 is 0 Å². The van der Waals surface area contributed by atoms with Gasteiger partial charge in [-0.15, -0.1) is 0 Å². The van der Waals surface area contributed by atoms with Crippen molar-refractivity contribution >= 4 is 34.9 Å². The number of benzene rings is 1. The average Bonchev–Trinajstić information content (AvgIpc) is 2.49. The van der Waals surface area contributed by atoms with Crippen LogP contribution >= 0.6 is 11.6 Å². The number of carbonyl (C=O) groups excluding carboxylic acids is 2. The van der Waals surface area contributed by atoms with Gasteiger partial charge in [0.1, 0.15) is 5.82 Å². The summed E-state index contributed by atoms with van der Waals surface area (Å²) in [6.45, 7) is 1.76. The maximum Gasteiger partial charge on any atom is 0.256 e. The van der Waals surface area contributed by atoms with Crippen LogP contribution in [0.1, 0.15) is 23.7 Å². The van der Waals surface area contributed by atoms with E-state index in [1.807, 2.05) is 0 Å². The molecule has 0 spiro atoms. The number of pyridine rings is 1. The van der Waals surface area contributed by atoms with Gasteiger partial charge in [-0.25, -0.2) is 4.98 Å². The quantitative estimate of drug-likeness (QED) is 0.910. The van der Waals surface area contributed by atoms with Gasteiger partial charge in [-0.05, 0) is 30.3 Å². The maximum atomic E-state index is 12.1. The SMILES string of the molecule is CCC(=O)Nc1cccc(C(=O)Nc2ccc(Cl)cn2)c1. The molecule has 2 aromatic rings. The number of hydrogen-bond acceptors (Lipinski definition) is 3. The Hall–Kier alpha value is -2.40. The van der Waals surface area contributed by atoms with Crippen LogP contribution in [0.25, 0.3) is 0 Å². The molecule has 0 fully saturated rings. The lowest BCUT2D eigenvalue weighted by molar-refractivity contribution is -0.115. The largest absolute Gasteiger partial charge is 0.326 e. The summed E-state index contributed by atoms with van der Waals surface area (Å²) in [5, 5.41) is 5.86. The first-order chi connectivity index (χ1) is 10.1. The fourth-order valence-corrected chi connectivity index (χ4v) is 1.74. The Labute approximate surface area is 127 Å². The van der Waals surface area contributed by atoms with Crippen molar-refractivity contribution in [2.24, 2.45) is 0 Å².